The normalized spacial score (nSPS) is 12.1. The number of carboxylic acids is 1. The largest absolute Gasteiger partial charge is 0.481 e. The number of rotatable bonds is 16. The first-order valence-corrected chi connectivity index (χ1v) is 14.6. The number of halogens is 2. The van der Waals surface area contributed by atoms with Crippen LogP contribution in [0.1, 0.15) is 41.6 Å². The van der Waals surface area contributed by atoms with Gasteiger partial charge < -0.3 is 26.2 Å². The lowest BCUT2D eigenvalue weighted by Crippen LogP contribution is -2.53. The van der Waals surface area contributed by atoms with Crippen molar-refractivity contribution in [3.05, 3.63) is 94.0 Å². The average Bonchev–Trinajstić information content (AvgIpc) is 2.99. The van der Waals surface area contributed by atoms with Gasteiger partial charge in [-0.1, -0.05) is 83.9 Å². The first kappa shape index (κ1) is 34.2. The van der Waals surface area contributed by atoms with Gasteiger partial charge in [0.05, 0.1) is 28.5 Å². The van der Waals surface area contributed by atoms with Gasteiger partial charge in [-0.25, -0.2) is 4.79 Å². The van der Waals surface area contributed by atoms with E-state index in [0.717, 1.165) is 16.7 Å². The second kappa shape index (κ2) is 17.1. The summed E-state index contributed by atoms with van der Waals surface area (Å²) in [5.74, 6) is -4.43. The van der Waals surface area contributed by atoms with Gasteiger partial charge in [0, 0.05) is 0 Å². The molecule has 0 saturated carbocycles. The molecule has 0 aliphatic heterocycles. The molecule has 2 amide bonds. The predicted octanol–water partition coefficient (Wildman–Crippen LogP) is 4.20. The summed E-state index contributed by atoms with van der Waals surface area (Å²) in [6.07, 6.45) is 0.466. The topological polar surface area (TPSA) is 165 Å². The molecule has 2 atom stereocenters. The van der Waals surface area contributed by atoms with Crippen LogP contribution in [0.2, 0.25) is 10.0 Å². The second-order valence-corrected chi connectivity index (χ2v) is 10.7. The fraction of sp³-hybridized carbons (Fsp3) is 0.281. The maximum absolute atomic E-state index is 13.3. The van der Waals surface area contributed by atoms with Crippen LogP contribution in [-0.2, 0) is 30.3 Å². The quantitative estimate of drug-likeness (QED) is 0.133. The number of carbonyl (C=O) groups is 5. The minimum absolute atomic E-state index is 0.00722. The first-order chi connectivity index (χ1) is 21.1. The molecule has 3 aromatic rings. The third-order valence-corrected chi connectivity index (χ3v) is 7.28. The highest BCUT2D eigenvalue weighted by Gasteiger charge is 2.29. The summed E-state index contributed by atoms with van der Waals surface area (Å²) in [5, 5.41) is 14.5. The number of carbonyl (C=O) groups excluding carboxylic acids is 4. The van der Waals surface area contributed by atoms with Crippen molar-refractivity contribution < 1.29 is 33.8 Å². The summed E-state index contributed by atoms with van der Waals surface area (Å²) < 4.78 is 5.03. The Hall–Kier alpha value is -4.25. The molecule has 0 unspecified atom stereocenters. The molecule has 0 spiro atoms. The van der Waals surface area contributed by atoms with Gasteiger partial charge >= 0.3 is 11.9 Å². The Balaban J connectivity index is 1.71. The molecule has 0 aromatic heterocycles. The Morgan fingerprint density at radius 3 is 2.14 bits per heavy atom. The van der Waals surface area contributed by atoms with E-state index in [4.69, 9.17) is 33.7 Å². The second-order valence-electron chi connectivity index (χ2n) is 9.90. The van der Waals surface area contributed by atoms with Gasteiger partial charge in [0.2, 0.25) is 11.8 Å². The van der Waals surface area contributed by atoms with Crippen LogP contribution in [0, 0.1) is 0 Å². The van der Waals surface area contributed by atoms with Crippen molar-refractivity contribution in [2.75, 3.05) is 13.2 Å². The lowest BCUT2D eigenvalue weighted by molar-refractivity contribution is -0.141. The summed E-state index contributed by atoms with van der Waals surface area (Å²) in [5.41, 5.74) is 8.00. The Morgan fingerprint density at radius 1 is 0.818 bits per heavy atom. The van der Waals surface area contributed by atoms with Crippen molar-refractivity contribution in [3.8, 4) is 11.1 Å². The van der Waals surface area contributed by atoms with Gasteiger partial charge in [-0.2, -0.15) is 0 Å². The number of carboxylic acid groups (broad SMARTS) is 1. The van der Waals surface area contributed by atoms with E-state index in [1.807, 2.05) is 54.6 Å². The van der Waals surface area contributed by atoms with E-state index in [9.17, 15) is 29.1 Å². The number of nitrogens with two attached hydrogens (primary N) is 1. The Labute approximate surface area is 264 Å². The molecule has 3 aromatic carbocycles. The van der Waals surface area contributed by atoms with Gasteiger partial charge in [0.25, 0.3) is 0 Å². The van der Waals surface area contributed by atoms with Gasteiger partial charge in [-0.3, -0.25) is 19.2 Å². The minimum Gasteiger partial charge on any atom is -0.481 e. The van der Waals surface area contributed by atoms with E-state index in [2.05, 4.69) is 10.6 Å². The number of ketones is 1. The molecular formula is C32H33Cl2N3O7. The standard InChI is InChI=1S/C32H33Cl2N3O7/c33-23-13-8-14-24(34)30(23)32(43)44-19-27(38)26(18-29(40)41)37-31(42)25(15-6-7-16-35)36-28(39)17-21-11-4-5-12-22(21)20-9-2-1-3-10-20/h1-5,8-14,25-26H,6-7,15-19,35H2,(H,36,39)(H,37,42)(H,40,41)/t25-,26-/m0/s1. The predicted molar refractivity (Wildman–Crippen MR) is 166 cm³/mol. The van der Waals surface area contributed by atoms with Crippen LogP contribution in [0.15, 0.2) is 72.8 Å². The van der Waals surface area contributed by atoms with Crippen LogP contribution in [0.3, 0.4) is 0 Å². The molecular weight excluding hydrogens is 609 g/mol. The molecule has 3 rings (SSSR count). The SMILES string of the molecule is NCCCC[C@H](NC(=O)Cc1ccccc1-c1ccccc1)C(=O)N[C@@H](CC(=O)O)C(=O)COC(=O)c1c(Cl)cccc1Cl. The fourth-order valence-electron chi connectivity index (χ4n) is 4.45. The number of esters is 1. The number of unbranched alkanes of at least 4 members (excludes halogenated alkanes) is 1. The zero-order valence-electron chi connectivity index (χ0n) is 23.8. The minimum atomic E-state index is -1.54. The van der Waals surface area contributed by atoms with Crippen molar-refractivity contribution in [3.63, 3.8) is 0 Å². The molecule has 0 saturated heterocycles. The smallest absolute Gasteiger partial charge is 0.341 e. The number of ether oxygens (including phenoxy) is 1. The van der Waals surface area contributed by atoms with E-state index in [1.165, 1.54) is 18.2 Å². The third kappa shape index (κ3) is 10.2. The molecule has 44 heavy (non-hydrogen) atoms. The highest BCUT2D eigenvalue weighted by Crippen LogP contribution is 2.25. The average molecular weight is 643 g/mol. The number of amides is 2. The Kier molecular flexibility index (Phi) is 13.3. The van der Waals surface area contributed by atoms with E-state index >= 15 is 0 Å². The molecule has 0 bridgehead atoms. The third-order valence-electron chi connectivity index (χ3n) is 6.65. The van der Waals surface area contributed by atoms with Crippen LogP contribution in [0.4, 0.5) is 0 Å². The molecule has 0 heterocycles. The summed E-state index contributed by atoms with van der Waals surface area (Å²) in [7, 11) is 0. The molecule has 0 aliphatic rings. The van der Waals surface area contributed by atoms with Gasteiger partial charge in [-0.05, 0) is 54.6 Å². The summed E-state index contributed by atoms with van der Waals surface area (Å²) >= 11 is 12.0. The molecule has 0 fully saturated rings. The molecule has 232 valence electrons. The molecule has 12 heteroatoms. The summed E-state index contributed by atoms with van der Waals surface area (Å²) in [4.78, 5) is 63.4. The molecule has 0 radical (unpaired) electrons. The van der Waals surface area contributed by atoms with Gasteiger partial charge in [0.15, 0.2) is 12.4 Å². The lowest BCUT2D eigenvalue weighted by atomic mass is 9.97. The first-order valence-electron chi connectivity index (χ1n) is 13.9. The van der Waals surface area contributed by atoms with Crippen LogP contribution < -0.4 is 16.4 Å². The number of aliphatic carboxylic acids is 1. The summed E-state index contributed by atoms with van der Waals surface area (Å²) in [6.45, 7) is -0.479. The monoisotopic (exact) mass is 641 g/mol. The number of benzene rings is 3. The zero-order valence-corrected chi connectivity index (χ0v) is 25.3. The van der Waals surface area contributed by atoms with E-state index in [-0.39, 0.29) is 28.5 Å². The van der Waals surface area contributed by atoms with Crippen molar-refractivity contribution >= 4 is 52.7 Å². The van der Waals surface area contributed by atoms with Crippen molar-refractivity contribution in [2.24, 2.45) is 5.73 Å². The van der Waals surface area contributed by atoms with Crippen LogP contribution in [0.5, 0.6) is 0 Å². The zero-order chi connectivity index (χ0) is 32.1. The Morgan fingerprint density at radius 2 is 1.48 bits per heavy atom. The van der Waals surface area contributed by atoms with E-state index < -0.39 is 54.6 Å². The number of hydrogen-bond acceptors (Lipinski definition) is 7. The summed E-state index contributed by atoms with van der Waals surface area (Å²) in [6, 6.07) is 18.7. The van der Waals surface area contributed by atoms with Crippen LogP contribution in [-0.4, -0.2) is 59.9 Å². The van der Waals surface area contributed by atoms with Crippen molar-refractivity contribution in [1.29, 1.82) is 0 Å². The molecule has 10 nitrogen and oxygen atoms in total. The van der Waals surface area contributed by atoms with Crippen LogP contribution in [0.25, 0.3) is 11.1 Å². The number of hydrogen-bond donors (Lipinski definition) is 4. The van der Waals surface area contributed by atoms with E-state index in [0.29, 0.717) is 19.4 Å². The van der Waals surface area contributed by atoms with Crippen molar-refractivity contribution in [1.82, 2.24) is 10.6 Å². The fourth-order valence-corrected chi connectivity index (χ4v) is 5.00. The Bertz CT molecular complexity index is 1460. The van der Waals surface area contributed by atoms with Gasteiger partial charge in [-0.15, -0.1) is 0 Å². The van der Waals surface area contributed by atoms with Crippen LogP contribution >= 0.6 is 23.2 Å². The molecule has 5 N–H and O–H groups in total. The van der Waals surface area contributed by atoms with E-state index in [1.54, 1.807) is 0 Å². The maximum atomic E-state index is 13.3. The molecule has 0 aliphatic carbocycles. The number of nitrogens with one attached hydrogen (secondary N) is 2. The number of Topliss-reactive ketones (excluding diaryl/α,β-unsaturated/α-hetero) is 1. The maximum Gasteiger partial charge on any atom is 0.341 e. The van der Waals surface area contributed by atoms with Gasteiger partial charge in [0.1, 0.15) is 12.1 Å². The lowest BCUT2D eigenvalue weighted by Gasteiger charge is -2.22. The highest BCUT2D eigenvalue weighted by atomic mass is 35.5. The highest BCUT2D eigenvalue weighted by molar-refractivity contribution is 6.39. The van der Waals surface area contributed by atoms with Crippen molar-refractivity contribution in [2.45, 2.75) is 44.2 Å².